The highest BCUT2D eigenvalue weighted by molar-refractivity contribution is 4.75. The van der Waals surface area contributed by atoms with E-state index in [0.717, 1.165) is 6.42 Å². The smallest absolute Gasteiger partial charge is 0.0404 e. The molecule has 0 rings (SSSR count). The van der Waals surface area contributed by atoms with E-state index in [4.69, 9.17) is 0 Å². The van der Waals surface area contributed by atoms with Gasteiger partial charge in [0.15, 0.2) is 0 Å². The van der Waals surface area contributed by atoms with Crippen molar-refractivity contribution in [1.29, 1.82) is 0 Å². The van der Waals surface area contributed by atoms with E-state index < -0.39 is 0 Å². The van der Waals surface area contributed by atoms with E-state index in [2.05, 4.69) is 6.92 Å². The molecule has 0 saturated heterocycles. The zero-order valence-electron chi connectivity index (χ0n) is 7.68. The zero-order chi connectivity index (χ0) is 8.36. The Balaban J connectivity index is 4.03. The third-order valence-electron chi connectivity index (χ3n) is 1.97. The Bertz CT molecular complexity index is 99.4. The minimum absolute atomic E-state index is 0.0891. The van der Waals surface area contributed by atoms with Crippen LogP contribution in [0.15, 0.2) is 0 Å². The van der Waals surface area contributed by atoms with Gasteiger partial charge < -0.3 is 5.21 Å². The van der Waals surface area contributed by atoms with Crippen LogP contribution < -0.4 is 0 Å². The number of hydroxylamine groups is 2. The molecular formula is C8H19NO. The molecule has 0 unspecified atom stereocenters. The molecule has 0 heterocycles. The first-order valence-corrected chi connectivity index (χ1v) is 3.90. The average molecular weight is 145 g/mol. The van der Waals surface area contributed by atoms with Crippen LogP contribution in [0.1, 0.15) is 41.0 Å². The van der Waals surface area contributed by atoms with E-state index in [1.54, 1.807) is 0 Å². The lowest BCUT2D eigenvalue weighted by Gasteiger charge is -2.35. The predicted octanol–water partition coefficient (Wildman–Crippen LogP) is 2.27. The van der Waals surface area contributed by atoms with Gasteiger partial charge in [-0.15, -0.1) is 0 Å². The molecule has 2 heteroatoms. The molecule has 0 aliphatic rings. The fraction of sp³-hybridized carbons (Fsp3) is 1.00. The summed E-state index contributed by atoms with van der Waals surface area (Å²) in [6.07, 6.45) is 0.960. The molecular weight excluding hydrogens is 126 g/mol. The van der Waals surface area contributed by atoms with Crippen LogP contribution in [0.3, 0.4) is 0 Å². The minimum atomic E-state index is -0.0891. The topological polar surface area (TPSA) is 23.5 Å². The first-order valence-electron chi connectivity index (χ1n) is 3.90. The lowest BCUT2D eigenvalue weighted by molar-refractivity contribution is -0.185. The largest absolute Gasteiger partial charge is 0.313 e. The molecule has 0 aliphatic heterocycles. The highest BCUT2D eigenvalue weighted by atomic mass is 16.5. The molecule has 1 N–H and O–H groups in total. The van der Waals surface area contributed by atoms with Gasteiger partial charge in [-0.3, -0.25) is 0 Å². The van der Waals surface area contributed by atoms with Crippen LogP contribution in [-0.4, -0.2) is 21.9 Å². The van der Waals surface area contributed by atoms with Crippen molar-refractivity contribution in [2.45, 2.75) is 52.6 Å². The van der Waals surface area contributed by atoms with E-state index in [9.17, 15) is 5.21 Å². The summed E-state index contributed by atoms with van der Waals surface area (Å²) in [7, 11) is 0. The highest BCUT2D eigenvalue weighted by Crippen LogP contribution is 2.17. The van der Waals surface area contributed by atoms with Crippen LogP contribution in [-0.2, 0) is 0 Å². The van der Waals surface area contributed by atoms with Crippen LogP contribution in [0.25, 0.3) is 0 Å². The molecule has 0 radical (unpaired) electrons. The molecule has 0 aromatic carbocycles. The van der Waals surface area contributed by atoms with Gasteiger partial charge in [0.2, 0.25) is 0 Å². The standard InChI is InChI=1S/C8H19NO/c1-6-8(4,5)9(10)7(2)3/h7,10H,6H2,1-5H3. The van der Waals surface area contributed by atoms with Gasteiger partial charge in [0.1, 0.15) is 0 Å². The number of hydrogen-bond donors (Lipinski definition) is 1. The maximum Gasteiger partial charge on any atom is 0.0404 e. The first kappa shape index (κ1) is 9.92. The summed E-state index contributed by atoms with van der Waals surface area (Å²) in [5, 5.41) is 10.9. The Hall–Kier alpha value is -0.0800. The Kier molecular flexibility index (Phi) is 3.33. The maximum absolute atomic E-state index is 9.49. The van der Waals surface area contributed by atoms with Gasteiger partial charge in [-0.1, -0.05) is 6.92 Å². The molecule has 10 heavy (non-hydrogen) atoms. The highest BCUT2D eigenvalue weighted by Gasteiger charge is 2.24. The van der Waals surface area contributed by atoms with Crippen LogP contribution in [0.2, 0.25) is 0 Å². The summed E-state index contributed by atoms with van der Waals surface area (Å²) < 4.78 is 0. The van der Waals surface area contributed by atoms with Crippen molar-refractivity contribution in [2.24, 2.45) is 0 Å². The molecule has 2 nitrogen and oxygen atoms in total. The lowest BCUT2D eigenvalue weighted by atomic mass is 10.0. The van der Waals surface area contributed by atoms with Crippen molar-refractivity contribution in [3.8, 4) is 0 Å². The molecule has 62 valence electrons. The second-order valence-corrected chi connectivity index (χ2v) is 3.60. The zero-order valence-corrected chi connectivity index (χ0v) is 7.68. The van der Waals surface area contributed by atoms with E-state index in [0.29, 0.717) is 0 Å². The van der Waals surface area contributed by atoms with E-state index in [1.807, 2.05) is 27.7 Å². The first-order chi connectivity index (χ1) is 4.41. The summed E-state index contributed by atoms with van der Waals surface area (Å²) in [6.45, 7) is 10.1. The van der Waals surface area contributed by atoms with Gasteiger partial charge in [0.05, 0.1) is 0 Å². The normalized spacial score (nSPS) is 13.2. The summed E-state index contributed by atoms with van der Waals surface area (Å²) in [4.78, 5) is 0. The van der Waals surface area contributed by atoms with Crippen molar-refractivity contribution >= 4 is 0 Å². The van der Waals surface area contributed by atoms with E-state index in [1.165, 1.54) is 5.06 Å². The fourth-order valence-electron chi connectivity index (χ4n) is 0.861. The molecule has 0 bridgehead atoms. The van der Waals surface area contributed by atoms with Crippen LogP contribution in [0.5, 0.6) is 0 Å². The van der Waals surface area contributed by atoms with Crippen molar-refractivity contribution in [3.05, 3.63) is 0 Å². The SMILES string of the molecule is CCC(C)(C)N(O)C(C)C. The van der Waals surface area contributed by atoms with Crippen molar-refractivity contribution in [2.75, 3.05) is 0 Å². The molecule has 0 spiro atoms. The van der Waals surface area contributed by atoms with Crippen LogP contribution >= 0.6 is 0 Å². The molecule has 0 fully saturated rings. The third-order valence-corrected chi connectivity index (χ3v) is 1.97. The van der Waals surface area contributed by atoms with Gasteiger partial charge >= 0.3 is 0 Å². The predicted molar refractivity (Wildman–Crippen MR) is 43.1 cm³/mol. The second-order valence-electron chi connectivity index (χ2n) is 3.60. The number of nitrogens with zero attached hydrogens (tertiary/aromatic N) is 1. The van der Waals surface area contributed by atoms with Gasteiger partial charge in [-0.2, -0.15) is 5.06 Å². The van der Waals surface area contributed by atoms with E-state index in [-0.39, 0.29) is 11.6 Å². The average Bonchev–Trinajstić information content (AvgIpc) is 1.86. The Morgan fingerprint density at radius 3 is 1.90 bits per heavy atom. The van der Waals surface area contributed by atoms with Gasteiger partial charge in [0.25, 0.3) is 0 Å². The summed E-state index contributed by atoms with van der Waals surface area (Å²) >= 11 is 0. The van der Waals surface area contributed by atoms with Crippen LogP contribution in [0.4, 0.5) is 0 Å². The van der Waals surface area contributed by atoms with Crippen molar-refractivity contribution < 1.29 is 5.21 Å². The quantitative estimate of drug-likeness (QED) is 0.616. The van der Waals surface area contributed by atoms with Crippen molar-refractivity contribution in [1.82, 2.24) is 5.06 Å². The molecule has 0 aromatic heterocycles. The molecule has 0 saturated carbocycles. The summed E-state index contributed by atoms with van der Waals surface area (Å²) in [6, 6.07) is 0.204. The number of rotatable bonds is 3. The minimum Gasteiger partial charge on any atom is -0.313 e. The van der Waals surface area contributed by atoms with Crippen LogP contribution in [0, 0.1) is 0 Å². The summed E-state index contributed by atoms with van der Waals surface area (Å²) in [5.41, 5.74) is -0.0891. The molecule has 0 aliphatic carbocycles. The van der Waals surface area contributed by atoms with Gasteiger partial charge in [0, 0.05) is 11.6 Å². The Labute approximate surface area is 63.8 Å². The molecule has 0 amide bonds. The number of hydrogen-bond acceptors (Lipinski definition) is 2. The Morgan fingerprint density at radius 2 is 1.80 bits per heavy atom. The second kappa shape index (κ2) is 3.35. The van der Waals surface area contributed by atoms with Gasteiger partial charge in [-0.25, -0.2) is 0 Å². The monoisotopic (exact) mass is 145 g/mol. The fourth-order valence-corrected chi connectivity index (χ4v) is 0.861. The summed E-state index contributed by atoms with van der Waals surface area (Å²) in [5.74, 6) is 0. The lowest BCUT2D eigenvalue weighted by Crippen LogP contribution is -2.45. The maximum atomic E-state index is 9.49. The Morgan fingerprint density at radius 1 is 1.40 bits per heavy atom. The van der Waals surface area contributed by atoms with Crippen molar-refractivity contribution in [3.63, 3.8) is 0 Å². The van der Waals surface area contributed by atoms with Gasteiger partial charge in [-0.05, 0) is 34.1 Å². The third kappa shape index (κ3) is 2.27. The van der Waals surface area contributed by atoms with E-state index >= 15 is 0 Å². The molecule has 0 atom stereocenters. The molecule has 0 aromatic rings.